The molecule has 0 radical (unpaired) electrons. The van der Waals surface area contributed by atoms with Crippen LogP contribution < -0.4 is 0 Å². The molecule has 2 rings (SSSR count). The Morgan fingerprint density at radius 2 is 1.86 bits per heavy atom. The lowest BCUT2D eigenvalue weighted by molar-refractivity contribution is -0.137. The van der Waals surface area contributed by atoms with Crippen LogP contribution in [0.4, 0.5) is 13.2 Å². The first kappa shape index (κ1) is 16.5. The van der Waals surface area contributed by atoms with Crippen molar-refractivity contribution in [3.8, 4) is 11.1 Å². The fourth-order valence-corrected chi connectivity index (χ4v) is 2.67. The zero-order valence-corrected chi connectivity index (χ0v) is 12.9. The van der Waals surface area contributed by atoms with E-state index in [2.05, 4.69) is 5.10 Å². The number of hydrogen-bond donors (Lipinski definition) is 0. The summed E-state index contributed by atoms with van der Waals surface area (Å²) >= 11 is 0. The Morgan fingerprint density at radius 3 is 2.41 bits per heavy atom. The molecule has 0 N–H and O–H groups in total. The number of aryl methyl sites for hydroxylation is 1. The summed E-state index contributed by atoms with van der Waals surface area (Å²) in [4.78, 5) is 0. The Balaban J connectivity index is 2.54. The molecule has 0 saturated carbocycles. The number of alkyl halides is 3. The van der Waals surface area contributed by atoms with Crippen LogP contribution in [0.1, 0.15) is 11.3 Å². The van der Waals surface area contributed by atoms with Crippen LogP contribution in [-0.4, -0.2) is 36.0 Å². The summed E-state index contributed by atoms with van der Waals surface area (Å²) < 4.78 is 64.0. The van der Waals surface area contributed by atoms with Gasteiger partial charge in [-0.25, -0.2) is 0 Å². The highest BCUT2D eigenvalue weighted by Gasteiger charge is 2.30. The van der Waals surface area contributed by atoms with E-state index in [-0.39, 0.29) is 5.56 Å². The van der Waals surface area contributed by atoms with E-state index in [1.165, 1.54) is 39.3 Å². The molecule has 0 aliphatic rings. The molecular formula is C13H14F3N3O2S. The van der Waals surface area contributed by atoms with Crippen LogP contribution in [0.15, 0.2) is 30.5 Å². The van der Waals surface area contributed by atoms with Gasteiger partial charge in [-0.2, -0.15) is 35.1 Å². The average Bonchev–Trinajstić information content (AvgIpc) is 2.80. The van der Waals surface area contributed by atoms with Crippen molar-refractivity contribution in [2.45, 2.75) is 13.1 Å². The van der Waals surface area contributed by atoms with Crippen molar-refractivity contribution in [2.24, 2.45) is 0 Å². The molecule has 0 atom stereocenters. The first-order valence-corrected chi connectivity index (χ1v) is 7.60. The lowest BCUT2D eigenvalue weighted by Crippen LogP contribution is -2.29. The molecule has 22 heavy (non-hydrogen) atoms. The molecule has 9 heteroatoms. The molecule has 0 aliphatic heterocycles. The predicted octanol–water partition coefficient (Wildman–Crippen LogP) is 2.53. The molecule has 5 nitrogen and oxygen atoms in total. The predicted molar refractivity (Wildman–Crippen MR) is 75.4 cm³/mol. The molecule has 120 valence electrons. The summed E-state index contributed by atoms with van der Waals surface area (Å²) in [5.74, 6) is 0. The van der Waals surface area contributed by atoms with Crippen molar-refractivity contribution in [3.05, 3.63) is 41.7 Å². The van der Waals surface area contributed by atoms with E-state index in [9.17, 15) is 21.6 Å². The van der Waals surface area contributed by atoms with E-state index in [4.69, 9.17) is 0 Å². The Labute approximate surface area is 126 Å². The van der Waals surface area contributed by atoms with Gasteiger partial charge in [0.15, 0.2) is 0 Å². The van der Waals surface area contributed by atoms with Crippen LogP contribution in [0.5, 0.6) is 0 Å². The number of hydrogen-bond acceptors (Lipinski definition) is 3. The molecule has 1 aromatic carbocycles. The third-order valence-corrected chi connectivity index (χ3v) is 4.66. The topological polar surface area (TPSA) is 55.2 Å². The normalized spacial score (nSPS) is 12.9. The molecule has 1 aromatic heterocycles. The minimum absolute atomic E-state index is 0.257. The summed E-state index contributed by atoms with van der Waals surface area (Å²) in [5.41, 5.74) is 0.112. The van der Waals surface area contributed by atoms with Gasteiger partial charge < -0.3 is 0 Å². The monoisotopic (exact) mass is 333 g/mol. The van der Waals surface area contributed by atoms with Crippen molar-refractivity contribution in [1.29, 1.82) is 0 Å². The van der Waals surface area contributed by atoms with Crippen LogP contribution in [0.25, 0.3) is 11.1 Å². The second-order valence-electron chi connectivity index (χ2n) is 4.87. The van der Waals surface area contributed by atoms with Gasteiger partial charge in [0.05, 0.1) is 17.5 Å². The largest absolute Gasteiger partial charge is 0.416 e. The highest BCUT2D eigenvalue weighted by molar-refractivity contribution is 7.87. The second-order valence-corrected chi connectivity index (χ2v) is 6.87. The van der Waals surface area contributed by atoms with Crippen molar-refractivity contribution in [2.75, 3.05) is 14.1 Å². The van der Waals surface area contributed by atoms with Gasteiger partial charge in [-0.3, -0.25) is 0 Å². The summed E-state index contributed by atoms with van der Waals surface area (Å²) in [7, 11) is -1.12. The van der Waals surface area contributed by atoms with Crippen LogP contribution in [0.3, 0.4) is 0 Å². The molecule has 0 amide bonds. The smallest absolute Gasteiger partial charge is 0.189 e. The molecular weight excluding hydrogens is 319 g/mol. The summed E-state index contributed by atoms with van der Waals surface area (Å²) in [6, 6.07) is 4.68. The maximum absolute atomic E-state index is 12.8. The van der Waals surface area contributed by atoms with Gasteiger partial charge in [-0.05, 0) is 24.6 Å². The van der Waals surface area contributed by atoms with Crippen LogP contribution in [0.2, 0.25) is 0 Å². The average molecular weight is 333 g/mol. The van der Waals surface area contributed by atoms with E-state index in [0.717, 1.165) is 20.5 Å². The van der Waals surface area contributed by atoms with Gasteiger partial charge in [0.1, 0.15) is 0 Å². The third kappa shape index (κ3) is 3.00. The Bertz CT molecular complexity index is 795. The van der Waals surface area contributed by atoms with Crippen LogP contribution in [-0.2, 0) is 16.4 Å². The van der Waals surface area contributed by atoms with Crippen LogP contribution in [0, 0.1) is 6.92 Å². The summed E-state index contributed by atoms with van der Waals surface area (Å²) in [6.07, 6.45) is -3.25. The maximum atomic E-state index is 12.8. The van der Waals surface area contributed by atoms with Crippen molar-refractivity contribution in [1.82, 2.24) is 13.5 Å². The minimum Gasteiger partial charge on any atom is -0.189 e. The fourth-order valence-electron chi connectivity index (χ4n) is 1.87. The van der Waals surface area contributed by atoms with Gasteiger partial charge in [0, 0.05) is 19.7 Å². The van der Waals surface area contributed by atoms with Gasteiger partial charge in [-0.15, -0.1) is 0 Å². The third-order valence-electron chi connectivity index (χ3n) is 3.08. The molecule has 0 bridgehead atoms. The Morgan fingerprint density at radius 1 is 1.23 bits per heavy atom. The number of halogens is 3. The van der Waals surface area contributed by atoms with E-state index >= 15 is 0 Å². The number of nitrogens with zero attached hydrogens (tertiary/aromatic N) is 3. The number of rotatable bonds is 3. The van der Waals surface area contributed by atoms with Gasteiger partial charge >= 0.3 is 16.4 Å². The summed E-state index contributed by atoms with van der Waals surface area (Å²) in [5, 5.41) is 3.88. The van der Waals surface area contributed by atoms with Crippen molar-refractivity contribution >= 4 is 10.2 Å². The molecule has 0 unspecified atom stereocenters. The van der Waals surface area contributed by atoms with Crippen molar-refractivity contribution < 1.29 is 21.6 Å². The van der Waals surface area contributed by atoms with E-state index in [0.29, 0.717) is 11.3 Å². The first-order chi connectivity index (χ1) is 10.0. The molecule has 1 heterocycles. The highest BCUT2D eigenvalue weighted by atomic mass is 32.2. The molecule has 0 saturated heterocycles. The van der Waals surface area contributed by atoms with E-state index in [1.807, 2.05) is 0 Å². The zero-order chi connectivity index (χ0) is 16.7. The molecule has 2 aromatic rings. The fraction of sp³-hybridized carbons (Fsp3) is 0.308. The van der Waals surface area contributed by atoms with E-state index < -0.39 is 21.9 Å². The maximum Gasteiger partial charge on any atom is 0.416 e. The highest BCUT2D eigenvalue weighted by Crippen LogP contribution is 2.33. The standard InChI is InChI=1S/C13H14F3N3O2S/c1-9-12(8-19(17-9)22(20,21)18(2)3)10-5-4-6-11(7-10)13(14,15)16/h4-8H,1-3H3. The van der Waals surface area contributed by atoms with Gasteiger partial charge in [0.2, 0.25) is 0 Å². The van der Waals surface area contributed by atoms with Crippen molar-refractivity contribution in [3.63, 3.8) is 0 Å². The van der Waals surface area contributed by atoms with Gasteiger partial charge in [-0.1, -0.05) is 12.1 Å². The molecule has 0 spiro atoms. The molecule has 0 aliphatic carbocycles. The van der Waals surface area contributed by atoms with E-state index in [1.54, 1.807) is 0 Å². The second kappa shape index (κ2) is 5.40. The molecule has 0 fully saturated rings. The lowest BCUT2D eigenvalue weighted by Gasteiger charge is -2.10. The quantitative estimate of drug-likeness (QED) is 0.867. The lowest BCUT2D eigenvalue weighted by atomic mass is 10.0. The minimum atomic E-state index is -4.46. The first-order valence-electron chi connectivity index (χ1n) is 6.20. The van der Waals surface area contributed by atoms with Gasteiger partial charge in [0.25, 0.3) is 0 Å². The van der Waals surface area contributed by atoms with Crippen LogP contribution >= 0.6 is 0 Å². The Kier molecular flexibility index (Phi) is 4.05. The summed E-state index contributed by atoms with van der Waals surface area (Å²) in [6.45, 7) is 1.54. The SMILES string of the molecule is Cc1nn(S(=O)(=O)N(C)C)cc1-c1cccc(C(F)(F)F)c1. The zero-order valence-electron chi connectivity index (χ0n) is 12.1. The number of aromatic nitrogens is 2. The number of benzene rings is 1. The Hall–Kier alpha value is -1.87.